The van der Waals surface area contributed by atoms with E-state index in [1.54, 1.807) is 18.3 Å². The molecule has 0 radical (unpaired) electrons. The Morgan fingerprint density at radius 2 is 2.04 bits per heavy atom. The van der Waals surface area contributed by atoms with Gasteiger partial charge in [0.2, 0.25) is 11.8 Å². The number of carbonyl (C=O) groups excluding carboxylic acids is 2. The van der Waals surface area contributed by atoms with Gasteiger partial charge in [0, 0.05) is 38.4 Å². The van der Waals surface area contributed by atoms with Crippen LogP contribution in [0.1, 0.15) is 37.0 Å². The number of rotatable bonds is 6. The van der Waals surface area contributed by atoms with Crippen LogP contribution in [0.4, 0.5) is 0 Å². The molecule has 1 saturated heterocycles. The molecular weight excluding hydrogens is 320 g/mol. The van der Waals surface area contributed by atoms with E-state index in [9.17, 15) is 9.59 Å². The maximum absolute atomic E-state index is 12.8. The summed E-state index contributed by atoms with van der Waals surface area (Å²) in [5.41, 5.74) is 0.498. The fraction of sp³-hybridized carbons (Fsp3) is 0.611. The van der Waals surface area contributed by atoms with E-state index in [2.05, 4.69) is 15.2 Å². The Hall–Kier alpha value is -2.15. The summed E-state index contributed by atoms with van der Waals surface area (Å²) in [4.78, 5) is 33.0. The molecule has 2 aliphatic rings. The topological polar surface area (TPSA) is 74.8 Å². The highest BCUT2D eigenvalue weighted by Gasteiger charge is 2.31. The molecule has 2 amide bonds. The Morgan fingerprint density at radius 3 is 2.68 bits per heavy atom. The minimum Gasteiger partial charge on any atom is -0.477 e. The number of hydrogen-bond acceptors (Lipinski definition) is 5. The molecule has 1 N–H and O–H groups in total. The van der Waals surface area contributed by atoms with Crippen LogP contribution in [0.2, 0.25) is 0 Å². The lowest BCUT2D eigenvalue weighted by Gasteiger charge is -2.37. The number of aromatic nitrogens is 1. The van der Waals surface area contributed by atoms with E-state index in [4.69, 9.17) is 4.74 Å². The van der Waals surface area contributed by atoms with Gasteiger partial charge in [-0.3, -0.25) is 14.5 Å². The quantitative estimate of drug-likeness (QED) is 0.829. The van der Waals surface area contributed by atoms with Crippen LogP contribution in [0.15, 0.2) is 18.3 Å². The van der Waals surface area contributed by atoms with E-state index in [1.807, 2.05) is 18.7 Å². The highest BCUT2D eigenvalue weighted by atomic mass is 16.5. The molecule has 1 aliphatic heterocycles. The monoisotopic (exact) mass is 346 g/mol. The van der Waals surface area contributed by atoms with Gasteiger partial charge >= 0.3 is 0 Å². The summed E-state index contributed by atoms with van der Waals surface area (Å²) < 4.78 is 5.46. The Labute approximate surface area is 148 Å². The summed E-state index contributed by atoms with van der Waals surface area (Å²) in [6.07, 6.45) is 3.81. The molecule has 2 heterocycles. The molecule has 1 unspecified atom stereocenters. The molecule has 25 heavy (non-hydrogen) atoms. The van der Waals surface area contributed by atoms with Crippen molar-refractivity contribution < 1.29 is 14.3 Å². The lowest BCUT2D eigenvalue weighted by Crippen LogP contribution is -2.55. The molecule has 3 rings (SSSR count). The summed E-state index contributed by atoms with van der Waals surface area (Å²) >= 11 is 0. The second-order valence-corrected chi connectivity index (χ2v) is 6.58. The van der Waals surface area contributed by atoms with Crippen molar-refractivity contribution in [2.45, 2.75) is 38.8 Å². The fourth-order valence-electron chi connectivity index (χ4n) is 3.00. The van der Waals surface area contributed by atoms with Crippen molar-refractivity contribution in [3.05, 3.63) is 23.9 Å². The van der Waals surface area contributed by atoms with Crippen LogP contribution in [-0.4, -0.2) is 71.5 Å². The molecule has 7 nitrogen and oxygen atoms in total. The number of pyridine rings is 1. The van der Waals surface area contributed by atoms with Gasteiger partial charge in [0.05, 0.1) is 12.6 Å². The van der Waals surface area contributed by atoms with Gasteiger partial charge in [0.15, 0.2) is 0 Å². The van der Waals surface area contributed by atoms with Gasteiger partial charge in [-0.25, -0.2) is 4.98 Å². The van der Waals surface area contributed by atoms with Crippen molar-refractivity contribution >= 4 is 11.8 Å². The van der Waals surface area contributed by atoms with Gasteiger partial charge in [-0.2, -0.15) is 0 Å². The Kier molecular flexibility index (Phi) is 5.53. The Balaban J connectivity index is 1.56. The number of nitrogens with one attached hydrogen (secondary N) is 1. The summed E-state index contributed by atoms with van der Waals surface area (Å²) in [7, 11) is 0. The average Bonchev–Trinajstić information content (AvgIpc) is 3.45. The first-order chi connectivity index (χ1) is 12.1. The molecule has 0 bridgehead atoms. The van der Waals surface area contributed by atoms with Crippen LogP contribution in [0.5, 0.6) is 5.88 Å². The largest absolute Gasteiger partial charge is 0.477 e. The highest BCUT2D eigenvalue weighted by Crippen LogP contribution is 2.20. The SMILES string of the molecule is CCOc1ncccc1C(=O)N1CCN(C(C)C(=O)NC2CC2)CC1. The zero-order valence-corrected chi connectivity index (χ0v) is 14.9. The van der Waals surface area contributed by atoms with Crippen LogP contribution in [-0.2, 0) is 4.79 Å². The number of carbonyl (C=O) groups is 2. The zero-order chi connectivity index (χ0) is 17.8. The summed E-state index contributed by atoms with van der Waals surface area (Å²) in [5, 5.41) is 3.05. The van der Waals surface area contributed by atoms with Crippen LogP contribution >= 0.6 is 0 Å². The molecule has 7 heteroatoms. The fourth-order valence-corrected chi connectivity index (χ4v) is 3.00. The van der Waals surface area contributed by atoms with E-state index in [0.29, 0.717) is 50.3 Å². The minimum atomic E-state index is -0.157. The molecule has 0 aromatic carbocycles. The van der Waals surface area contributed by atoms with Crippen molar-refractivity contribution in [3.63, 3.8) is 0 Å². The lowest BCUT2D eigenvalue weighted by molar-refractivity contribution is -0.126. The van der Waals surface area contributed by atoms with E-state index in [0.717, 1.165) is 12.8 Å². The molecule has 1 saturated carbocycles. The molecule has 1 aromatic heterocycles. The van der Waals surface area contributed by atoms with E-state index in [-0.39, 0.29) is 17.9 Å². The van der Waals surface area contributed by atoms with Crippen LogP contribution < -0.4 is 10.1 Å². The van der Waals surface area contributed by atoms with Gasteiger partial charge in [-0.05, 0) is 38.8 Å². The van der Waals surface area contributed by atoms with Gasteiger partial charge in [0.1, 0.15) is 5.56 Å². The normalized spacial score (nSPS) is 19.4. The van der Waals surface area contributed by atoms with Crippen LogP contribution in [0, 0.1) is 0 Å². The standard InChI is InChI=1S/C18H26N4O3/c1-3-25-17-15(5-4-8-19-17)18(24)22-11-9-21(10-12-22)13(2)16(23)20-14-6-7-14/h4-5,8,13-14H,3,6-7,9-12H2,1-2H3,(H,20,23). The van der Waals surface area contributed by atoms with E-state index >= 15 is 0 Å². The molecular formula is C18H26N4O3. The predicted molar refractivity (Wildman–Crippen MR) is 93.5 cm³/mol. The number of nitrogens with zero attached hydrogens (tertiary/aromatic N) is 3. The smallest absolute Gasteiger partial charge is 0.259 e. The molecule has 136 valence electrons. The number of hydrogen-bond donors (Lipinski definition) is 1. The van der Waals surface area contributed by atoms with Crippen molar-refractivity contribution in [2.24, 2.45) is 0 Å². The van der Waals surface area contributed by atoms with Crippen molar-refractivity contribution in [1.29, 1.82) is 0 Å². The summed E-state index contributed by atoms with van der Waals surface area (Å²) in [6, 6.07) is 3.71. The summed E-state index contributed by atoms with van der Waals surface area (Å²) in [5.74, 6) is 0.411. The van der Waals surface area contributed by atoms with E-state index < -0.39 is 0 Å². The van der Waals surface area contributed by atoms with Crippen molar-refractivity contribution in [2.75, 3.05) is 32.8 Å². The first-order valence-corrected chi connectivity index (χ1v) is 9.01. The Morgan fingerprint density at radius 1 is 1.32 bits per heavy atom. The maximum atomic E-state index is 12.8. The minimum absolute atomic E-state index is 0.0636. The average molecular weight is 346 g/mol. The van der Waals surface area contributed by atoms with Gasteiger partial charge in [-0.1, -0.05) is 0 Å². The number of piperazine rings is 1. The van der Waals surface area contributed by atoms with E-state index in [1.165, 1.54) is 0 Å². The van der Waals surface area contributed by atoms with Crippen molar-refractivity contribution in [3.8, 4) is 5.88 Å². The zero-order valence-electron chi connectivity index (χ0n) is 14.9. The first kappa shape index (κ1) is 17.7. The molecule has 1 aromatic rings. The highest BCUT2D eigenvalue weighted by molar-refractivity contribution is 5.96. The third kappa shape index (κ3) is 4.28. The second-order valence-electron chi connectivity index (χ2n) is 6.58. The van der Waals surface area contributed by atoms with Crippen LogP contribution in [0.25, 0.3) is 0 Å². The number of ether oxygens (including phenoxy) is 1. The molecule has 0 spiro atoms. The predicted octanol–water partition coefficient (Wildman–Crippen LogP) is 0.905. The molecule has 1 aliphatic carbocycles. The van der Waals surface area contributed by atoms with Crippen molar-refractivity contribution in [1.82, 2.24) is 20.1 Å². The second kappa shape index (κ2) is 7.82. The van der Waals surface area contributed by atoms with Gasteiger partial charge in [-0.15, -0.1) is 0 Å². The summed E-state index contributed by atoms with van der Waals surface area (Å²) in [6.45, 7) is 6.85. The molecule has 1 atom stereocenters. The van der Waals surface area contributed by atoms with Gasteiger partial charge in [0.25, 0.3) is 5.91 Å². The Bertz CT molecular complexity index is 625. The third-order valence-electron chi connectivity index (χ3n) is 4.73. The number of amides is 2. The first-order valence-electron chi connectivity index (χ1n) is 9.01. The van der Waals surface area contributed by atoms with Crippen LogP contribution in [0.3, 0.4) is 0 Å². The van der Waals surface area contributed by atoms with Gasteiger partial charge < -0.3 is 15.0 Å². The lowest BCUT2D eigenvalue weighted by atomic mass is 10.2. The molecule has 2 fully saturated rings. The maximum Gasteiger partial charge on any atom is 0.259 e. The third-order valence-corrected chi connectivity index (χ3v) is 4.73.